The van der Waals surface area contributed by atoms with Gasteiger partial charge in [-0.15, -0.1) is 0 Å². The summed E-state index contributed by atoms with van der Waals surface area (Å²) in [4.78, 5) is 25.8. The Morgan fingerprint density at radius 1 is 1.26 bits per heavy atom. The van der Waals surface area contributed by atoms with Crippen molar-refractivity contribution in [2.45, 2.75) is 32.1 Å². The van der Waals surface area contributed by atoms with Gasteiger partial charge in [-0.05, 0) is 37.5 Å². The number of halogens is 1. The van der Waals surface area contributed by atoms with Gasteiger partial charge >= 0.3 is 0 Å². The van der Waals surface area contributed by atoms with Gasteiger partial charge < -0.3 is 5.73 Å². The van der Waals surface area contributed by atoms with Crippen molar-refractivity contribution >= 4 is 28.8 Å². The van der Waals surface area contributed by atoms with Crippen LogP contribution in [0.3, 0.4) is 0 Å². The Balaban J connectivity index is 2.02. The zero-order valence-corrected chi connectivity index (χ0v) is 17.5. The highest BCUT2D eigenvalue weighted by atomic mass is 35.5. The second kappa shape index (κ2) is 7.89. The number of hydrogen-bond donors (Lipinski definition) is 1. The Hall–Kier alpha value is -3.63. The third-order valence-corrected chi connectivity index (χ3v) is 5.90. The molecule has 0 spiro atoms. The number of anilines is 1. The van der Waals surface area contributed by atoms with Crippen LogP contribution < -0.4 is 10.6 Å². The van der Waals surface area contributed by atoms with E-state index in [9.17, 15) is 20.2 Å². The summed E-state index contributed by atoms with van der Waals surface area (Å²) in [5.74, 6) is -0.585. The first-order chi connectivity index (χ1) is 14.8. The summed E-state index contributed by atoms with van der Waals surface area (Å²) in [6.45, 7) is 1.94. The number of rotatable bonds is 3. The van der Waals surface area contributed by atoms with E-state index >= 15 is 0 Å². The molecule has 1 aliphatic heterocycles. The minimum Gasteiger partial charge on any atom is -0.384 e. The standard InChI is InChI=1S/C23H19ClN4O3/c1-13-4-2-5-14(10-13)21-16(12-25)23(26)27(18-6-3-7-20(29)22(18)21)17-9-8-15(24)11-19(17)28(30)31/h2,4-5,8-11,21H,3,6-7,26H2,1H3. The number of nitriles is 1. The number of benzene rings is 2. The predicted molar refractivity (Wildman–Crippen MR) is 117 cm³/mol. The first-order valence-electron chi connectivity index (χ1n) is 9.80. The van der Waals surface area contributed by atoms with Crippen LogP contribution in [0.4, 0.5) is 11.4 Å². The van der Waals surface area contributed by atoms with E-state index in [0.717, 1.165) is 11.1 Å². The molecule has 31 heavy (non-hydrogen) atoms. The first-order valence-corrected chi connectivity index (χ1v) is 10.2. The van der Waals surface area contributed by atoms with Crippen LogP contribution in [0.1, 0.15) is 36.3 Å². The molecule has 1 atom stereocenters. The van der Waals surface area contributed by atoms with Gasteiger partial charge in [-0.2, -0.15) is 5.26 Å². The molecular weight excluding hydrogens is 416 g/mol. The van der Waals surface area contributed by atoms with E-state index in [1.54, 1.807) is 0 Å². The minimum absolute atomic E-state index is 0.0744. The average molecular weight is 435 g/mol. The summed E-state index contributed by atoms with van der Waals surface area (Å²) in [6.07, 6.45) is 1.48. The fourth-order valence-corrected chi connectivity index (χ4v) is 4.54. The second-order valence-corrected chi connectivity index (χ2v) is 8.06. The van der Waals surface area contributed by atoms with Gasteiger partial charge in [0.15, 0.2) is 5.78 Å². The molecule has 156 valence electrons. The monoisotopic (exact) mass is 434 g/mol. The van der Waals surface area contributed by atoms with E-state index in [0.29, 0.717) is 30.5 Å². The summed E-state index contributed by atoms with van der Waals surface area (Å²) < 4.78 is 0. The molecule has 0 saturated carbocycles. The van der Waals surface area contributed by atoms with Crippen molar-refractivity contribution in [3.63, 3.8) is 0 Å². The maximum atomic E-state index is 13.1. The van der Waals surface area contributed by atoms with Crippen LogP contribution in [0.25, 0.3) is 0 Å². The molecule has 0 amide bonds. The number of ketones is 1. The number of nitro groups is 1. The normalized spacial score (nSPS) is 18.7. The van der Waals surface area contributed by atoms with E-state index in [1.165, 1.54) is 23.1 Å². The van der Waals surface area contributed by atoms with Gasteiger partial charge in [0.25, 0.3) is 5.69 Å². The quantitative estimate of drug-likeness (QED) is 0.545. The Morgan fingerprint density at radius 2 is 2.03 bits per heavy atom. The Kier molecular flexibility index (Phi) is 5.25. The van der Waals surface area contributed by atoms with Crippen molar-refractivity contribution in [2.75, 3.05) is 4.90 Å². The highest BCUT2D eigenvalue weighted by molar-refractivity contribution is 6.31. The summed E-state index contributed by atoms with van der Waals surface area (Å²) in [5, 5.41) is 22.0. The predicted octanol–water partition coefficient (Wildman–Crippen LogP) is 4.86. The van der Waals surface area contributed by atoms with Crippen LogP contribution in [-0.2, 0) is 4.79 Å². The summed E-state index contributed by atoms with van der Waals surface area (Å²) in [5.41, 5.74) is 9.49. The van der Waals surface area contributed by atoms with E-state index in [4.69, 9.17) is 17.3 Å². The number of Topliss-reactive ketones (excluding diaryl/α,β-unsaturated/α-hetero) is 1. The Morgan fingerprint density at radius 3 is 2.71 bits per heavy atom. The smallest absolute Gasteiger partial charge is 0.294 e. The molecule has 0 bridgehead atoms. The summed E-state index contributed by atoms with van der Waals surface area (Å²) >= 11 is 5.99. The van der Waals surface area contributed by atoms with Crippen LogP contribution >= 0.6 is 11.6 Å². The topological polar surface area (TPSA) is 113 Å². The van der Waals surface area contributed by atoms with E-state index in [2.05, 4.69) is 6.07 Å². The zero-order chi connectivity index (χ0) is 22.3. The highest BCUT2D eigenvalue weighted by Gasteiger charge is 2.41. The van der Waals surface area contributed by atoms with Crippen LogP contribution in [0.2, 0.25) is 5.02 Å². The molecule has 0 aromatic heterocycles. The minimum atomic E-state index is -0.602. The molecule has 0 saturated heterocycles. The highest BCUT2D eigenvalue weighted by Crippen LogP contribution is 2.48. The molecule has 1 heterocycles. The fraction of sp³-hybridized carbons (Fsp3) is 0.217. The van der Waals surface area contributed by atoms with Crippen LogP contribution in [0.5, 0.6) is 0 Å². The molecule has 0 radical (unpaired) electrons. The number of allylic oxidation sites excluding steroid dienone is 3. The average Bonchev–Trinajstić information content (AvgIpc) is 2.73. The van der Waals surface area contributed by atoms with E-state index in [1.807, 2.05) is 31.2 Å². The summed E-state index contributed by atoms with van der Waals surface area (Å²) in [6, 6.07) is 14.1. The lowest BCUT2D eigenvalue weighted by Gasteiger charge is -2.39. The van der Waals surface area contributed by atoms with Gasteiger partial charge in [0.2, 0.25) is 0 Å². The Labute approximate surface area is 184 Å². The number of carbonyl (C=O) groups is 1. The van der Waals surface area contributed by atoms with Crippen LogP contribution in [-0.4, -0.2) is 10.7 Å². The lowest BCUT2D eigenvalue weighted by molar-refractivity contribution is -0.384. The largest absolute Gasteiger partial charge is 0.384 e. The van der Waals surface area contributed by atoms with Crippen molar-refractivity contribution in [3.8, 4) is 6.07 Å². The maximum Gasteiger partial charge on any atom is 0.294 e. The zero-order valence-electron chi connectivity index (χ0n) is 16.8. The lowest BCUT2D eigenvalue weighted by atomic mass is 9.75. The van der Waals surface area contributed by atoms with Crippen molar-refractivity contribution < 1.29 is 9.72 Å². The lowest BCUT2D eigenvalue weighted by Crippen LogP contribution is -2.39. The molecule has 1 unspecified atom stereocenters. The summed E-state index contributed by atoms with van der Waals surface area (Å²) in [7, 11) is 0. The van der Waals surface area contributed by atoms with Gasteiger partial charge in [0.1, 0.15) is 11.5 Å². The van der Waals surface area contributed by atoms with Crippen LogP contribution in [0.15, 0.2) is 65.1 Å². The van der Waals surface area contributed by atoms with Gasteiger partial charge in [-0.25, -0.2) is 0 Å². The number of nitro benzene ring substituents is 1. The number of nitrogens with two attached hydrogens (primary N) is 1. The maximum absolute atomic E-state index is 13.1. The molecule has 4 rings (SSSR count). The van der Waals surface area contributed by atoms with Crippen molar-refractivity contribution in [1.82, 2.24) is 0 Å². The number of hydrogen-bond acceptors (Lipinski definition) is 6. The molecule has 2 aromatic carbocycles. The van der Waals surface area contributed by atoms with Crippen molar-refractivity contribution in [2.24, 2.45) is 5.73 Å². The fourth-order valence-electron chi connectivity index (χ4n) is 4.38. The number of nitrogens with zero attached hydrogens (tertiary/aromatic N) is 3. The molecule has 1 aliphatic carbocycles. The second-order valence-electron chi connectivity index (χ2n) is 7.62. The molecule has 8 heteroatoms. The molecular formula is C23H19ClN4O3. The number of aryl methyl sites for hydroxylation is 1. The van der Waals surface area contributed by atoms with Gasteiger partial charge in [-0.3, -0.25) is 19.8 Å². The molecule has 2 N–H and O–H groups in total. The Bertz CT molecular complexity index is 1230. The van der Waals surface area contributed by atoms with Gasteiger partial charge in [0, 0.05) is 28.8 Å². The molecule has 2 aromatic rings. The van der Waals surface area contributed by atoms with Crippen molar-refractivity contribution in [3.05, 3.63) is 91.4 Å². The van der Waals surface area contributed by atoms with Gasteiger partial charge in [0.05, 0.1) is 22.5 Å². The van der Waals surface area contributed by atoms with E-state index < -0.39 is 10.8 Å². The first kappa shape index (κ1) is 20.6. The third kappa shape index (κ3) is 3.45. The molecule has 7 nitrogen and oxygen atoms in total. The number of carbonyl (C=O) groups excluding carboxylic acids is 1. The van der Waals surface area contributed by atoms with Crippen molar-refractivity contribution in [1.29, 1.82) is 5.26 Å². The van der Waals surface area contributed by atoms with Gasteiger partial charge in [-0.1, -0.05) is 41.4 Å². The van der Waals surface area contributed by atoms with Crippen LogP contribution in [0, 0.1) is 28.4 Å². The van der Waals surface area contributed by atoms with E-state index in [-0.39, 0.29) is 33.6 Å². The third-order valence-electron chi connectivity index (χ3n) is 5.66. The molecule has 2 aliphatic rings. The SMILES string of the molecule is Cc1cccc(C2C(C#N)=C(N)N(c3ccc(Cl)cc3[N+](=O)[O-])C3=C2C(=O)CCC3)c1. The molecule has 0 fully saturated rings.